The van der Waals surface area contributed by atoms with Crippen molar-refractivity contribution < 1.29 is 9.53 Å². The minimum absolute atomic E-state index is 0.143. The molecule has 0 bridgehead atoms. The van der Waals surface area contributed by atoms with Crippen molar-refractivity contribution in [2.24, 2.45) is 5.73 Å². The Kier molecular flexibility index (Phi) is 5.98. The number of carbonyl (C=O) groups is 1. The Morgan fingerprint density at radius 2 is 1.82 bits per heavy atom. The highest BCUT2D eigenvalue weighted by molar-refractivity contribution is 5.94. The Morgan fingerprint density at radius 3 is 2.45 bits per heavy atom. The number of ether oxygens (including phenoxy) is 1. The van der Waals surface area contributed by atoms with E-state index in [1.807, 2.05) is 61.5 Å². The molecule has 0 fully saturated rings. The minimum Gasteiger partial charge on any atom is -0.489 e. The van der Waals surface area contributed by atoms with Crippen LogP contribution in [0.1, 0.15) is 25.3 Å². The van der Waals surface area contributed by atoms with Crippen LogP contribution in [0, 0.1) is 0 Å². The van der Waals surface area contributed by atoms with Gasteiger partial charge in [-0.1, -0.05) is 43.7 Å². The van der Waals surface area contributed by atoms with E-state index in [1.54, 1.807) is 0 Å². The van der Waals surface area contributed by atoms with Crippen molar-refractivity contribution in [3.05, 3.63) is 60.2 Å². The number of hydrogen-bond donors (Lipinski definition) is 2. The van der Waals surface area contributed by atoms with Gasteiger partial charge in [0.15, 0.2) is 0 Å². The van der Waals surface area contributed by atoms with Crippen molar-refractivity contribution >= 4 is 11.6 Å². The van der Waals surface area contributed by atoms with Crippen LogP contribution in [-0.4, -0.2) is 11.9 Å². The largest absolute Gasteiger partial charge is 0.489 e. The first-order valence-electron chi connectivity index (χ1n) is 7.52. The summed E-state index contributed by atoms with van der Waals surface area (Å²) in [6, 6.07) is 16.8. The predicted octanol–water partition coefficient (Wildman–Crippen LogP) is 3.33. The molecular formula is C18H22N2O2. The van der Waals surface area contributed by atoms with E-state index in [9.17, 15) is 4.79 Å². The van der Waals surface area contributed by atoms with Crippen LogP contribution in [0.15, 0.2) is 54.6 Å². The summed E-state index contributed by atoms with van der Waals surface area (Å²) in [6.07, 6.45) is 1.58. The molecule has 0 aliphatic carbocycles. The summed E-state index contributed by atoms with van der Waals surface area (Å²) in [4.78, 5) is 11.8. The number of para-hydroxylation sites is 1. The summed E-state index contributed by atoms with van der Waals surface area (Å²) in [5, 5.41) is 2.82. The second-order valence-corrected chi connectivity index (χ2v) is 5.18. The lowest BCUT2D eigenvalue weighted by molar-refractivity contribution is -0.117. The fourth-order valence-electron chi connectivity index (χ4n) is 2.04. The molecule has 0 aromatic heterocycles. The van der Waals surface area contributed by atoms with Crippen LogP contribution in [0.25, 0.3) is 0 Å². The molecule has 1 unspecified atom stereocenters. The first-order valence-corrected chi connectivity index (χ1v) is 7.52. The molecule has 3 N–H and O–H groups in total. The average molecular weight is 298 g/mol. The van der Waals surface area contributed by atoms with Crippen LogP contribution < -0.4 is 15.8 Å². The Labute approximate surface area is 131 Å². The molecule has 0 aliphatic rings. The van der Waals surface area contributed by atoms with Crippen molar-refractivity contribution in [1.29, 1.82) is 0 Å². The van der Waals surface area contributed by atoms with E-state index in [2.05, 4.69) is 5.32 Å². The second kappa shape index (κ2) is 8.20. The Morgan fingerprint density at radius 1 is 1.14 bits per heavy atom. The maximum atomic E-state index is 11.8. The topological polar surface area (TPSA) is 64.4 Å². The lowest BCUT2D eigenvalue weighted by Crippen LogP contribution is -2.35. The smallest absolute Gasteiger partial charge is 0.241 e. The molecule has 4 nitrogen and oxygen atoms in total. The quantitative estimate of drug-likeness (QED) is 0.824. The molecule has 4 heteroatoms. The molecular weight excluding hydrogens is 276 g/mol. The van der Waals surface area contributed by atoms with Crippen molar-refractivity contribution in [3.8, 4) is 5.75 Å². The zero-order valence-electron chi connectivity index (χ0n) is 12.8. The van der Waals surface area contributed by atoms with E-state index in [1.165, 1.54) is 0 Å². The lowest BCUT2D eigenvalue weighted by atomic mass is 10.1. The third kappa shape index (κ3) is 4.90. The number of hydrogen-bond acceptors (Lipinski definition) is 3. The van der Waals surface area contributed by atoms with Crippen molar-refractivity contribution in [2.75, 3.05) is 5.32 Å². The first-order chi connectivity index (χ1) is 10.7. The Hall–Kier alpha value is -2.33. The van der Waals surface area contributed by atoms with E-state index >= 15 is 0 Å². The molecule has 2 aromatic rings. The summed E-state index contributed by atoms with van der Waals surface area (Å²) >= 11 is 0. The first kappa shape index (κ1) is 16.0. The molecule has 1 amide bonds. The van der Waals surface area contributed by atoms with Crippen LogP contribution in [0.5, 0.6) is 5.75 Å². The molecule has 0 radical (unpaired) electrons. The van der Waals surface area contributed by atoms with Gasteiger partial charge in [-0.05, 0) is 36.2 Å². The van der Waals surface area contributed by atoms with Gasteiger partial charge in [0.2, 0.25) is 5.91 Å². The van der Waals surface area contributed by atoms with Gasteiger partial charge in [-0.25, -0.2) is 0 Å². The summed E-state index contributed by atoms with van der Waals surface area (Å²) in [5.41, 5.74) is 7.58. The monoisotopic (exact) mass is 298 g/mol. The van der Waals surface area contributed by atoms with Crippen molar-refractivity contribution in [2.45, 2.75) is 32.4 Å². The van der Waals surface area contributed by atoms with Gasteiger partial charge in [-0.3, -0.25) is 4.79 Å². The molecule has 0 aliphatic heterocycles. The molecule has 0 saturated heterocycles. The summed E-state index contributed by atoms with van der Waals surface area (Å²) < 4.78 is 5.68. The highest BCUT2D eigenvalue weighted by Crippen LogP contribution is 2.14. The van der Waals surface area contributed by atoms with E-state index in [0.717, 1.165) is 23.4 Å². The molecule has 0 spiro atoms. The third-order valence-electron chi connectivity index (χ3n) is 3.31. The van der Waals surface area contributed by atoms with Crippen molar-refractivity contribution in [1.82, 2.24) is 0 Å². The fourth-order valence-corrected chi connectivity index (χ4v) is 2.04. The normalized spacial score (nSPS) is 11.7. The molecule has 0 saturated carbocycles. The van der Waals surface area contributed by atoms with Gasteiger partial charge in [0.1, 0.15) is 12.4 Å². The summed E-state index contributed by atoms with van der Waals surface area (Å²) in [5.74, 6) is 0.695. The van der Waals surface area contributed by atoms with Gasteiger partial charge in [0.05, 0.1) is 6.04 Å². The van der Waals surface area contributed by atoms with Crippen LogP contribution >= 0.6 is 0 Å². The maximum absolute atomic E-state index is 11.8. The van der Waals surface area contributed by atoms with E-state index in [-0.39, 0.29) is 5.91 Å². The predicted molar refractivity (Wildman–Crippen MR) is 88.7 cm³/mol. The van der Waals surface area contributed by atoms with Crippen LogP contribution in [0.3, 0.4) is 0 Å². The second-order valence-electron chi connectivity index (χ2n) is 5.18. The van der Waals surface area contributed by atoms with Gasteiger partial charge in [-0.2, -0.15) is 0 Å². The highest BCUT2D eigenvalue weighted by Gasteiger charge is 2.11. The van der Waals surface area contributed by atoms with Gasteiger partial charge in [0, 0.05) is 5.69 Å². The molecule has 2 aromatic carbocycles. The van der Waals surface area contributed by atoms with Crippen LogP contribution in [0.4, 0.5) is 5.69 Å². The number of carbonyl (C=O) groups excluding carboxylic acids is 1. The number of anilines is 1. The van der Waals surface area contributed by atoms with E-state index < -0.39 is 6.04 Å². The van der Waals surface area contributed by atoms with E-state index in [0.29, 0.717) is 13.0 Å². The van der Waals surface area contributed by atoms with Crippen molar-refractivity contribution in [3.63, 3.8) is 0 Å². The molecule has 22 heavy (non-hydrogen) atoms. The minimum atomic E-state index is -0.453. The van der Waals surface area contributed by atoms with Crippen LogP contribution in [-0.2, 0) is 11.4 Å². The lowest BCUT2D eigenvalue weighted by Gasteiger charge is -2.12. The standard InChI is InChI=1S/C18H22N2O2/c1-2-6-17(19)18(21)20-15-11-9-14(10-12-15)13-22-16-7-4-3-5-8-16/h3-5,7-12,17H,2,6,13,19H2,1H3,(H,20,21). The summed E-state index contributed by atoms with van der Waals surface area (Å²) in [7, 11) is 0. The third-order valence-corrected chi connectivity index (χ3v) is 3.31. The molecule has 1 atom stereocenters. The SMILES string of the molecule is CCCC(N)C(=O)Nc1ccc(COc2ccccc2)cc1. The average Bonchev–Trinajstić information content (AvgIpc) is 2.55. The van der Waals surface area contributed by atoms with Gasteiger partial charge < -0.3 is 15.8 Å². The number of nitrogens with two attached hydrogens (primary N) is 1. The fraction of sp³-hybridized carbons (Fsp3) is 0.278. The summed E-state index contributed by atoms with van der Waals surface area (Å²) in [6.45, 7) is 2.50. The number of amides is 1. The van der Waals surface area contributed by atoms with Gasteiger partial charge in [0.25, 0.3) is 0 Å². The van der Waals surface area contributed by atoms with Gasteiger partial charge in [-0.15, -0.1) is 0 Å². The van der Waals surface area contributed by atoms with E-state index in [4.69, 9.17) is 10.5 Å². The number of rotatable bonds is 7. The number of benzene rings is 2. The zero-order chi connectivity index (χ0) is 15.8. The Bertz CT molecular complexity index is 582. The number of nitrogens with one attached hydrogen (secondary N) is 1. The molecule has 116 valence electrons. The molecule has 0 heterocycles. The molecule has 2 rings (SSSR count). The Balaban J connectivity index is 1.86. The highest BCUT2D eigenvalue weighted by atomic mass is 16.5. The zero-order valence-corrected chi connectivity index (χ0v) is 12.8. The van der Waals surface area contributed by atoms with Crippen LogP contribution in [0.2, 0.25) is 0 Å². The van der Waals surface area contributed by atoms with Gasteiger partial charge >= 0.3 is 0 Å². The maximum Gasteiger partial charge on any atom is 0.241 e.